The number of aliphatic carboxylic acids is 1. The van der Waals surface area contributed by atoms with Gasteiger partial charge < -0.3 is 5.11 Å². The summed E-state index contributed by atoms with van der Waals surface area (Å²) in [7, 11) is 0. The minimum Gasteiger partial charge on any atom is -0.478 e. The first-order valence-electron chi connectivity index (χ1n) is 5.19. The zero-order chi connectivity index (χ0) is 12.5. The van der Waals surface area contributed by atoms with E-state index in [0.29, 0.717) is 0 Å². The average Bonchev–Trinajstić information content (AvgIpc) is 2.34. The lowest BCUT2D eigenvalue weighted by Gasteiger charge is -1.95. The van der Waals surface area contributed by atoms with Gasteiger partial charge in [0.15, 0.2) is 0 Å². The molecule has 0 saturated heterocycles. The Morgan fingerprint density at radius 3 is 2.41 bits per heavy atom. The molecule has 86 valence electrons. The third-order valence-corrected chi connectivity index (χ3v) is 1.98. The van der Waals surface area contributed by atoms with Crippen molar-refractivity contribution in [3.05, 3.63) is 78.4 Å². The molecule has 0 radical (unpaired) electrons. The van der Waals surface area contributed by atoms with Crippen molar-refractivity contribution in [2.45, 2.75) is 0 Å². The monoisotopic (exact) mass is 226 g/mol. The molecule has 1 rings (SSSR count). The maximum Gasteiger partial charge on any atom is 0.328 e. The summed E-state index contributed by atoms with van der Waals surface area (Å²) in [6.07, 6.45) is 9.78. The van der Waals surface area contributed by atoms with E-state index >= 15 is 0 Å². The van der Waals surface area contributed by atoms with Crippen LogP contribution in [0.5, 0.6) is 0 Å². The fraction of sp³-hybridized carbons (Fsp3) is 0. The van der Waals surface area contributed by atoms with E-state index in [2.05, 4.69) is 6.58 Å². The Morgan fingerprint density at radius 2 is 1.82 bits per heavy atom. The van der Waals surface area contributed by atoms with E-state index in [-0.39, 0.29) is 0 Å². The van der Waals surface area contributed by atoms with Crippen LogP contribution in [0, 0.1) is 0 Å². The topological polar surface area (TPSA) is 37.3 Å². The van der Waals surface area contributed by atoms with Crippen LogP contribution in [0.3, 0.4) is 0 Å². The van der Waals surface area contributed by atoms with Crippen molar-refractivity contribution in [1.29, 1.82) is 0 Å². The van der Waals surface area contributed by atoms with Gasteiger partial charge in [-0.05, 0) is 23.3 Å². The van der Waals surface area contributed by atoms with Crippen LogP contribution in [0.25, 0.3) is 6.08 Å². The molecule has 2 heteroatoms. The lowest BCUT2D eigenvalue weighted by Crippen LogP contribution is -1.86. The number of allylic oxidation sites excluding steroid dienone is 5. The normalized spacial score (nSPS) is 12.1. The van der Waals surface area contributed by atoms with E-state index in [1.807, 2.05) is 36.4 Å². The quantitative estimate of drug-likeness (QED) is 0.616. The molecule has 0 unspecified atom stereocenters. The summed E-state index contributed by atoms with van der Waals surface area (Å²) in [6.45, 7) is 3.58. The molecular weight excluding hydrogens is 212 g/mol. The highest BCUT2D eigenvalue weighted by molar-refractivity contribution is 5.81. The summed E-state index contributed by atoms with van der Waals surface area (Å²) < 4.78 is 0. The second-order valence-corrected chi connectivity index (χ2v) is 3.32. The van der Waals surface area contributed by atoms with Gasteiger partial charge in [0, 0.05) is 6.08 Å². The van der Waals surface area contributed by atoms with E-state index in [1.54, 1.807) is 24.3 Å². The largest absolute Gasteiger partial charge is 0.478 e. The minimum absolute atomic E-state index is 0.804. The molecule has 0 bridgehead atoms. The van der Waals surface area contributed by atoms with Crippen molar-refractivity contribution < 1.29 is 9.90 Å². The second kappa shape index (κ2) is 7.01. The molecule has 0 spiro atoms. The van der Waals surface area contributed by atoms with Crippen LogP contribution in [0.1, 0.15) is 5.56 Å². The van der Waals surface area contributed by atoms with Crippen LogP contribution in [0.4, 0.5) is 0 Å². The highest BCUT2D eigenvalue weighted by Crippen LogP contribution is 2.09. The second-order valence-electron chi connectivity index (χ2n) is 3.32. The van der Waals surface area contributed by atoms with Crippen molar-refractivity contribution in [2.24, 2.45) is 0 Å². The standard InChI is InChI=1S/C15H14O2/c1-2-3-7-14(10-11-15(16)17)12-13-8-5-4-6-9-13/h2-12H,1H2,(H,16,17). The van der Waals surface area contributed by atoms with Crippen molar-refractivity contribution in [1.82, 2.24) is 0 Å². The smallest absolute Gasteiger partial charge is 0.328 e. The third-order valence-electron chi connectivity index (χ3n) is 1.98. The Balaban J connectivity index is 2.97. The Hall–Kier alpha value is -2.35. The molecule has 17 heavy (non-hydrogen) atoms. The molecule has 1 aromatic rings. The van der Waals surface area contributed by atoms with Gasteiger partial charge in [0.25, 0.3) is 0 Å². The first-order chi connectivity index (χ1) is 8.22. The number of rotatable bonds is 5. The number of hydrogen-bond donors (Lipinski definition) is 1. The predicted octanol–water partition coefficient (Wildman–Crippen LogP) is 3.45. The SMILES string of the molecule is C=CC=CC(C=CC(=O)O)=Cc1ccccc1. The fourth-order valence-corrected chi connectivity index (χ4v) is 1.24. The molecule has 0 aliphatic carbocycles. The van der Waals surface area contributed by atoms with Crippen LogP contribution in [0.15, 0.2) is 72.9 Å². The maximum atomic E-state index is 10.5. The van der Waals surface area contributed by atoms with Crippen molar-refractivity contribution in [3.8, 4) is 0 Å². The van der Waals surface area contributed by atoms with Gasteiger partial charge >= 0.3 is 5.97 Å². The van der Waals surface area contributed by atoms with E-state index in [1.165, 1.54) is 0 Å². The van der Waals surface area contributed by atoms with Gasteiger partial charge in [0.1, 0.15) is 0 Å². The third kappa shape index (κ3) is 5.33. The van der Waals surface area contributed by atoms with E-state index in [4.69, 9.17) is 5.11 Å². The highest BCUT2D eigenvalue weighted by atomic mass is 16.4. The number of hydrogen-bond acceptors (Lipinski definition) is 1. The van der Waals surface area contributed by atoms with Gasteiger partial charge in [0.2, 0.25) is 0 Å². The molecule has 0 atom stereocenters. The molecule has 0 aliphatic heterocycles. The van der Waals surface area contributed by atoms with Gasteiger partial charge in [-0.1, -0.05) is 55.1 Å². The fourth-order valence-electron chi connectivity index (χ4n) is 1.24. The molecule has 2 nitrogen and oxygen atoms in total. The summed E-state index contributed by atoms with van der Waals surface area (Å²) in [5.41, 5.74) is 1.82. The molecular formula is C15H14O2. The predicted molar refractivity (Wildman–Crippen MR) is 70.5 cm³/mol. The molecule has 0 saturated carbocycles. The average molecular weight is 226 g/mol. The number of benzene rings is 1. The van der Waals surface area contributed by atoms with Crippen molar-refractivity contribution >= 4 is 12.0 Å². The molecule has 0 fully saturated rings. The molecule has 0 aliphatic rings. The van der Waals surface area contributed by atoms with Crippen LogP contribution in [-0.2, 0) is 4.79 Å². The van der Waals surface area contributed by atoms with Crippen LogP contribution >= 0.6 is 0 Å². The minimum atomic E-state index is -0.962. The summed E-state index contributed by atoms with van der Waals surface area (Å²) >= 11 is 0. The summed E-state index contributed by atoms with van der Waals surface area (Å²) in [4.78, 5) is 10.5. The highest BCUT2D eigenvalue weighted by Gasteiger charge is 1.91. The van der Waals surface area contributed by atoms with E-state index in [9.17, 15) is 4.79 Å². The Morgan fingerprint density at radius 1 is 1.12 bits per heavy atom. The van der Waals surface area contributed by atoms with Crippen LogP contribution < -0.4 is 0 Å². The van der Waals surface area contributed by atoms with Crippen molar-refractivity contribution in [2.75, 3.05) is 0 Å². The first-order valence-corrected chi connectivity index (χ1v) is 5.19. The molecule has 0 amide bonds. The summed E-state index contributed by atoms with van der Waals surface area (Å²) in [5, 5.41) is 8.60. The van der Waals surface area contributed by atoms with Gasteiger partial charge in [-0.2, -0.15) is 0 Å². The zero-order valence-corrected chi connectivity index (χ0v) is 9.41. The Labute approximate surface area is 101 Å². The number of carboxylic acids is 1. The lowest BCUT2D eigenvalue weighted by atomic mass is 10.1. The number of carboxylic acid groups (broad SMARTS) is 1. The molecule has 0 aromatic heterocycles. The molecule has 0 heterocycles. The van der Waals surface area contributed by atoms with Gasteiger partial charge in [-0.15, -0.1) is 0 Å². The molecule has 1 aromatic carbocycles. The van der Waals surface area contributed by atoms with E-state index in [0.717, 1.165) is 17.2 Å². The van der Waals surface area contributed by atoms with Crippen LogP contribution in [-0.4, -0.2) is 11.1 Å². The van der Waals surface area contributed by atoms with E-state index < -0.39 is 5.97 Å². The summed E-state index contributed by atoms with van der Waals surface area (Å²) in [5.74, 6) is -0.962. The van der Waals surface area contributed by atoms with Gasteiger partial charge in [-0.3, -0.25) is 0 Å². The molecule has 1 N–H and O–H groups in total. The summed E-state index contributed by atoms with van der Waals surface area (Å²) in [6, 6.07) is 9.71. The van der Waals surface area contributed by atoms with Crippen LogP contribution in [0.2, 0.25) is 0 Å². The van der Waals surface area contributed by atoms with Gasteiger partial charge in [0.05, 0.1) is 0 Å². The lowest BCUT2D eigenvalue weighted by molar-refractivity contribution is -0.131. The van der Waals surface area contributed by atoms with Crippen molar-refractivity contribution in [3.63, 3.8) is 0 Å². The van der Waals surface area contributed by atoms with Gasteiger partial charge in [-0.25, -0.2) is 4.79 Å². The Bertz CT molecular complexity index is 465. The Kier molecular flexibility index (Phi) is 5.25. The number of carbonyl (C=O) groups is 1. The zero-order valence-electron chi connectivity index (χ0n) is 9.41. The first kappa shape index (κ1) is 12.7. The maximum absolute atomic E-state index is 10.5.